The number of benzene rings is 1. The number of piperazine rings is 1. The monoisotopic (exact) mass is 377 g/mol. The lowest BCUT2D eigenvalue weighted by molar-refractivity contribution is -0.153. The van der Waals surface area contributed by atoms with Crippen molar-refractivity contribution < 1.29 is 23.9 Å². The molecule has 0 bridgehead atoms. The molecule has 2 rings (SSSR count). The van der Waals surface area contributed by atoms with Gasteiger partial charge in [0.25, 0.3) is 5.91 Å². The van der Waals surface area contributed by atoms with Gasteiger partial charge < -0.3 is 25.0 Å². The number of hydrogen-bond donors (Lipinski definition) is 1. The Balaban J connectivity index is 1.80. The molecule has 0 unspecified atom stereocenters. The summed E-state index contributed by atoms with van der Waals surface area (Å²) in [4.78, 5) is 39.5. The zero-order valence-electron chi connectivity index (χ0n) is 16.0. The molecule has 0 radical (unpaired) electrons. The highest BCUT2D eigenvalue weighted by Crippen LogP contribution is 2.12. The smallest absolute Gasteiger partial charge is 0.410 e. The summed E-state index contributed by atoms with van der Waals surface area (Å²) >= 11 is 0. The van der Waals surface area contributed by atoms with E-state index in [2.05, 4.69) is 0 Å². The Morgan fingerprint density at radius 2 is 1.59 bits per heavy atom. The van der Waals surface area contributed by atoms with Gasteiger partial charge in [-0.3, -0.25) is 4.79 Å². The summed E-state index contributed by atoms with van der Waals surface area (Å²) in [5.74, 6) is -1.27. The largest absolute Gasteiger partial charge is 0.459 e. The Morgan fingerprint density at radius 1 is 1.04 bits per heavy atom. The molecular formula is C19H27N3O5. The van der Waals surface area contributed by atoms with Crippen LogP contribution in [0.2, 0.25) is 0 Å². The molecule has 1 aromatic carbocycles. The zero-order valence-corrected chi connectivity index (χ0v) is 16.0. The molecule has 1 heterocycles. The van der Waals surface area contributed by atoms with E-state index >= 15 is 0 Å². The third kappa shape index (κ3) is 6.25. The number of amides is 2. The van der Waals surface area contributed by atoms with Crippen molar-refractivity contribution in [3.05, 3.63) is 35.9 Å². The Hall–Kier alpha value is -2.61. The molecule has 1 atom stereocenters. The van der Waals surface area contributed by atoms with Gasteiger partial charge in [0.15, 0.2) is 6.04 Å². The molecule has 1 aromatic rings. The summed E-state index contributed by atoms with van der Waals surface area (Å²) in [6.45, 7) is 6.68. The number of hydrogen-bond acceptors (Lipinski definition) is 6. The molecule has 1 aliphatic rings. The number of carbonyl (C=O) groups is 3. The molecule has 0 aliphatic carbocycles. The molecule has 0 saturated carbocycles. The van der Waals surface area contributed by atoms with Gasteiger partial charge >= 0.3 is 12.1 Å². The number of nitrogens with two attached hydrogens (primary N) is 1. The lowest BCUT2D eigenvalue weighted by atomic mass is 10.2. The maximum Gasteiger partial charge on any atom is 0.410 e. The van der Waals surface area contributed by atoms with E-state index in [4.69, 9.17) is 15.2 Å². The first kappa shape index (κ1) is 20.7. The van der Waals surface area contributed by atoms with Crippen LogP contribution < -0.4 is 5.73 Å². The van der Waals surface area contributed by atoms with Gasteiger partial charge in [0.1, 0.15) is 12.2 Å². The van der Waals surface area contributed by atoms with E-state index in [1.165, 1.54) is 9.80 Å². The summed E-state index contributed by atoms with van der Waals surface area (Å²) in [6.07, 6.45) is -0.416. The first-order chi connectivity index (χ1) is 12.7. The lowest BCUT2D eigenvalue weighted by Gasteiger charge is -2.36. The van der Waals surface area contributed by atoms with Crippen molar-refractivity contribution in [2.75, 3.05) is 26.2 Å². The Labute approximate surface area is 159 Å². The van der Waals surface area contributed by atoms with Crippen molar-refractivity contribution >= 4 is 18.0 Å². The van der Waals surface area contributed by atoms with Gasteiger partial charge in [0.05, 0.1) is 0 Å². The van der Waals surface area contributed by atoms with Crippen LogP contribution >= 0.6 is 0 Å². The first-order valence-electron chi connectivity index (χ1n) is 8.90. The van der Waals surface area contributed by atoms with Gasteiger partial charge in [-0.2, -0.15) is 0 Å². The van der Waals surface area contributed by atoms with Crippen molar-refractivity contribution in [3.8, 4) is 0 Å². The summed E-state index contributed by atoms with van der Waals surface area (Å²) in [5, 5.41) is 0. The van der Waals surface area contributed by atoms with Crippen molar-refractivity contribution in [1.82, 2.24) is 9.80 Å². The second-order valence-electron chi connectivity index (χ2n) is 7.36. The molecule has 1 fully saturated rings. The molecule has 2 amide bonds. The maximum absolute atomic E-state index is 12.4. The molecule has 0 spiro atoms. The quantitative estimate of drug-likeness (QED) is 0.623. The number of rotatable bonds is 4. The van der Waals surface area contributed by atoms with Crippen LogP contribution in [-0.2, 0) is 25.7 Å². The highest BCUT2D eigenvalue weighted by molar-refractivity contribution is 6.01. The molecule has 8 nitrogen and oxygen atoms in total. The van der Waals surface area contributed by atoms with E-state index in [1.54, 1.807) is 20.8 Å². The van der Waals surface area contributed by atoms with Gasteiger partial charge in [-0.25, -0.2) is 9.59 Å². The van der Waals surface area contributed by atoms with Crippen molar-refractivity contribution in [2.24, 2.45) is 5.73 Å². The average molecular weight is 377 g/mol. The highest BCUT2D eigenvalue weighted by atomic mass is 16.6. The van der Waals surface area contributed by atoms with Gasteiger partial charge in [-0.1, -0.05) is 30.3 Å². The third-order valence-electron chi connectivity index (χ3n) is 3.99. The minimum absolute atomic E-state index is 0.0626. The van der Waals surface area contributed by atoms with Crippen molar-refractivity contribution in [1.29, 1.82) is 0 Å². The Morgan fingerprint density at radius 3 is 2.15 bits per heavy atom. The van der Waals surface area contributed by atoms with Crippen molar-refractivity contribution in [3.63, 3.8) is 0 Å². The fourth-order valence-corrected chi connectivity index (χ4v) is 2.55. The second-order valence-corrected chi connectivity index (χ2v) is 7.36. The van der Waals surface area contributed by atoms with E-state index in [-0.39, 0.29) is 19.7 Å². The zero-order chi connectivity index (χ0) is 20.0. The first-order valence-corrected chi connectivity index (χ1v) is 8.90. The maximum atomic E-state index is 12.4. The second kappa shape index (κ2) is 8.85. The Kier molecular flexibility index (Phi) is 6.79. The third-order valence-corrected chi connectivity index (χ3v) is 3.99. The molecule has 0 aromatic heterocycles. The molecule has 27 heavy (non-hydrogen) atoms. The van der Waals surface area contributed by atoms with E-state index in [1.807, 2.05) is 30.3 Å². The van der Waals surface area contributed by atoms with Crippen LogP contribution in [0.25, 0.3) is 0 Å². The standard InChI is InChI=1S/C19H27N3O5/c1-19(2,3)27-18(25)22-11-9-21(10-12-22)16(23)15(20)17(24)26-13-14-7-5-4-6-8-14/h4-8,15H,9-13,20H2,1-3H3/t15-/m0/s1. The molecule has 1 aliphatic heterocycles. The summed E-state index contributed by atoms with van der Waals surface area (Å²) in [6, 6.07) is 7.78. The fraction of sp³-hybridized carbons (Fsp3) is 0.526. The SMILES string of the molecule is CC(C)(C)OC(=O)N1CCN(C(=O)[C@H](N)C(=O)OCc2ccccc2)CC1. The normalized spacial score (nSPS) is 15.9. The summed E-state index contributed by atoms with van der Waals surface area (Å²) in [5.41, 5.74) is 6.00. The van der Waals surface area contributed by atoms with Gasteiger partial charge in [-0.15, -0.1) is 0 Å². The fourth-order valence-electron chi connectivity index (χ4n) is 2.55. The molecule has 148 valence electrons. The molecule has 1 saturated heterocycles. The summed E-state index contributed by atoms with van der Waals surface area (Å²) in [7, 11) is 0. The van der Waals surface area contributed by atoms with Crippen LogP contribution in [0, 0.1) is 0 Å². The van der Waals surface area contributed by atoms with Crippen LogP contribution in [-0.4, -0.2) is 65.6 Å². The van der Waals surface area contributed by atoms with E-state index in [9.17, 15) is 14.4 Å². The van der Waals surface area contributed by atoms with E-state index in [0.717, 1.165) is 5.56 Å². The molecular weight excluding hydrogens is 350 g/mol. The predicted octanol–water partition coefficient (Wildman–Crippen LogP) is 1.14. The van der Waals surface area contributed by atoms with Gasteiger partial charge in [0, 0.05) is 26.2 Å². The van der Waals surface area contributed by atoms with Crippen LogP contribution in [0.5, 0.6) is 0 Å². The van der Waals surface area contributed by atoms with Crippen LogP contribution in [0.4, 0.5) is 4.79 Å². The van der Waals surface area contributed by atoms with E-state index in [0.29, 0.717) is 13.1 Å². The van der Waals surface area contributed by atoms with Gasteiger partial charge in [-0.05, 0) is 26.3 Å². The molecule has 2 N–H and O–H groups in total. The van der Waals surface area contributed by atoms with Crippen molar-refractivity contribution in [2.45, 2.75) is 39.0 Å². The number of nitrogens with zero attached hydrogens (tertiary/aromatic N) is 2. The number of carbonyl (C=O) groups excluding carboxylic acids is 3. The lowest BCUT2D eigenvalue weighted by Crippen LogP contribution is -2.56. The van der Waals surface area contributed by atoms with E-state index < -0.39 is 29.6 Å². The highest BCUT2D eigenvalue weighted by Gasteiger charge is 2.32. The predicted molar refractivity (Wildman–Crippen MR) is 98.6 cm³/mol. The average Bonchev–Trinajstić information content (AvgIpc) is 2.64. The molecule has 8 heteroatoms. The van der Waals surface area contributed by atoms with Crippen LogP contribution in [0.3, 0.4) is 0 Å². The Bertz CT molecular complexity index is 664. The minimum Gasteiger partial charge on any atom is -0.459 e. The number of esters is 1. The minimum atomic E-state index is -1.37. The van der Waals surface area contributed by atoms with Crippen LogP contribution in [0.15, 0.2) is 30.3 Å². The number of ether oxygens (including phenoxy) is 2. The topological polar surface area (TPSA) is 102 Å². The van der Waals surface area contributed by atoms with Crippen LogP contribution in [0.1, 0.15) is 26.3 Å². The summed E-state index contributed by atoms with van der Waals surface area (Å²) < 4.78 is 10.4. The van der Waals surface area contributed by atoms with Gasteiger partial charge in [0.2, 0.25) is 0 Å².